The summed E-state index contributed by atoms with van der Waals surface area (Å²) >= 11 is 1.54. The summed E-state index contributed by atoms with van der Waals surface area (Å²) in [5, 5.41) is 12.0. The van der Waals surface area contributed by atoms with Crippen molar-refractivity contribution in [1.29, 1.82) is 5.26 Å². The molecule has 1 aromatic heterocycles. The molecule has 1 amide bonds. The first-order valence-corrected chi connectivity index (χ1v) is 9.22. The molecule has 0 spiro atoms. The van der Waals surface area contributed by atoms with Crippen LogP contribution in [0, 0.1) is 18.3 Å². The highest BCUT2D eigenvalue weighted by atomic mass is 32.1. The Hall–Kier alpha value is -3.36. The minimum absolute atomic E-state index is 0.0706. The maximum absolute atomic E-state index is 12.3. The predicted octanol–water partition coefficient (Wildman–Crippen LogP) is 5.18. The van der Waals surface area contributed by atoms with Crippen molar-refractivity contribution in [3.63, 3.8) is 0 Å². The lowest BCUT2D eigenvalue weighted by Crippen LogP contribution is -2.13. The van der Waals surface area contributed by atoms with Crippen molar-refractivity contribution in [3.8, 4) is 11.8 Å². The van der Waals surface area contributed by atoms with E-state index in [0.29, 0.717) is 18.0 Å². The summed E-state index contributed by atoms with van der Waals surface area (Å²) in [5.74, 6) is 0.281. The summed E-state index contributed by atoms with van der Waals surface area (Å²) in [4.78, 5) is 14.3. The van der Waals surface area contributed by atoms with Crippen LogP contribution < -0.4 is 10.1 Å². The van der Waals surface area contributed by atoms with Crippen LogP contribution in [-0.4, -0.2) is 5.91 Å². The Morgan fingerprint density at radius 3 is 2.48 bits per heavy atom. The summed E-state index contributed by atoms with van der Waals surface area (Å²) in [6.45, 7) is 2.46. The van der Waals surface area contributed by atoms with Gasteiger partial charge in [-0.25, -0.2) is 0 Å². The van der Waals surface area contributed by atoms with Crippen LogP contribution >= 0.6 is 11.3 Å². The maximum Gasteiger partial charge on any atom is 0.266 e. The zero-order valence-electron chi connectivity index (χ0n) is 14.8. The van der Waals surface area contributed by atoms with Gasteiger partial charge in [-0.15, -0.1) is 11.3 Å². The van der Waals surface area contributed by atoms with Gasteiger partial charge in [0.25, 0.3) is 5.91 Å². The number of benzene rings is 2. The van der Waals surface area contributed by atoms with E-state index in [0.717, 1.165) is 15.3 Å². The Kier molecular flexibility index (Phi) is 6.03. The molecule has 134 valence electrons. The highest BCUT2D eigenvalue weighted by Gasteiger charge is 2.10. The molecule has 2 aromatic carbocycles. The van der Waals surface area contributed by atoms with Crippen molar-refractivity contribution < 1.29 is 9.53 Å². The fourth-order valence-electron chi connectivity index (χ4n) is 2.40. The first-order chi connectivity index (χ1) is 13.1. The second-order valence-corrected chi connectivity index (χ2v) is 7.19. The van der Waals surface area contributed by atoms with Crippen LogP contribution in [0.25, 0.3) is 6.08 Å². The van der Waals surface area contributed by atoms with Crippen LogP contribution in [0.2, 0.25) is 0 Å². The van der Waals surface area contributed by atoms with E-state index in [1.165, 1.54) is 11.3 Å². The average molecular weight is 374 g/mol. The van der Waals surface area contributed by atoms with Gasteiger partial charge in [0.15, 0.2) is 0 Å². The summed E-state index contributed by atoms with van der Waals surface area (Å²) in [6, 6.07) is 22.8. The van der Waals surface area contributed by atoms with Crippen molar-refractivity contribution in [3.05, 3.63) is 87.6 Å². The van der Waals surface area contributed by atoms with Crippen LogP contribution in [0.3, 0.4) is 0 Å². The van der Waals surface area contributed by atoms with Crippen molar-refractivity contribution in [2.45, 2.75) is 13.5 Å². The largest absolute Gasteiger partial charge is 0.489 e. The number of ether oxygens (including phenoxy) is 1. The molecule has 0 fully saturated rings. The molecule has 3 aromatic rings. The average Bonchev–Trinajstić information content (AvgIpc) is 3.11. The smallest absolute Gasteiger partial charge is 0.266 e. The number of nitrogens with one attached hydrogen (secondary N) is 1. The first kappa shape index (κ1) is 18.4. The van der Waals surface area contributed by atoms with Gasteiger partial charge in [-0.3, -0.25) is 4.79 Å². The summed E-state index contributed by atoms with van der Waals surface area (Å²) < 4.78 is 5.73. The number of nitrogens with zero attached hydrogens (tertiary/aromatic N) is 1. The Bertz CT molecular complexity index is 983. The van der Waals surface area contributed by atoms with Crippen LogP contribution in [0.4, 0.5) is 5.69 Å². The molecule has 1 heterocycles. The second-order valence-electron chi connectivity index (χ2n) is 5.87. The molecular weight excluding hydrogens is 356 g/mol. The number of nitriles is 1. The highest BCUT2D eigenvalue weighted by Crippen LogP contribution is 2.20. The van der Waals surface area contributed by atoms with E-state index in [4.69, 9.17) is 4.74 Å². The Balaban J connectivity index is 1.61. The first-order valence-electron chi connectivity index (χ1n) is 8.40. The number of aryl methyl sites for hydroxylation is 1. The molecular formula is C22H18N2O2S. The molecule has 0 bridgehead atoms. The molecule has 5 heteroatoms. The number of anilines is 1. The Morgan fingerprint density at radius 1 is 1.11 bits per heavy atom. The quantitative estimate of drug-likeness (QED) is 0.477. The van der Waals surface area contributed by atoms with Gasteiger partial charge in [-0.2, -0.15) is 5.26 Å². The van der Waals surface area contributed by atoms with Gasteiger partial charge in [-0.05, 0) is 55.0 Å². The normalized spacial score (nSPS) is 10.9. The Morgan fingerprint density at radius 2 is 1.85 bits per heavy atom. The number of rotatable bonds is 6. The van der Waals surface area contributed by atoms with E-state index < -0.39 is 5.91 Å². The summed E-state index contributed by atoms with van der Waals surface area (Å²) in [7, 11) is 0. The standard InChI is InChI=1S/C22H18N2O2S/c1-16-7-12-21(27-16)13-18(14-23)22(25)24-19-8-10-20(11-9-19)26-15-17-5-3-2-4-6-17/h2-13H,15H2,1H3,(H,24,25)/b18-13+. The van der Waals surface area contributed by atoms with Gasteiger partial charge in [0.2, 0.25) is 0 Å². The number of amides is 1. The number of thiophene rings is 1. The van der Waals surface area contributed by atoms with Gasteiger partial charge in [0, 0.05) is 15.4 Å². The molecule has 1 N–H and O–H groups in total. The van der Waals surface area contributed by atoms with Gasteiger partial charge < -0.3 is 10.1 Å². The van der Waals surface area contributed by atoms with Gasteiger partial charge in [0.05, 0.1) is 0 Å². The van der Waals surface area contributed by atoms with Crippen molar-refractivity contribution in [1.82, 2.24) is 0 Å². The lowest BCUT2D eigenvalue weighted by Gasteiger charge is -2.08. The van der Waals surface area contributed by atoms with Gasteiger partial charge in [0.1, 0.15) is 24.0 Å². The third-order valence-corrected chi connectivity index (χ3v) is 4.72. The van der Waals surface area contributed by atoms with Gasteiger partial charge >= 0.3 is 0 Å². The van der Waals surface area contributed by atoms with E-state index in [1.807, 2.05) is 55.5 Å². The van der Waals surface area contributed by atoms with Crippen LogP contribution in [0.5, 0.6) is 5.75 Å². The van der Waals surface area contributed by atoms with E-state index in [9.17, 15) is 10.1 Å². The monoisotopic (exact) mass is 374 g/mol. The van der Waals surface area contributed by atoms with E-state index in [1.54, 1.807) is 30.3 Å². The number of hydrogen-bond acceptors (Lipinski definition) is 4. The molecule has 0 radical (unpaired) electrons. The summed E-state index contributed by atoms with van der Waals surface area (Å²) in [6.07, 6.45) is 1.60. The minimum atomic E-state index is -0.429. The molecule has 0 atom stereocenters. The molecule has 0 aliphatic carbocycles. The van der Waals surface area contributed by atoms with Gasteiger partial charge in [-0.1, -0.05) is 30.3 Å². The van der Waals surface area contributed by atoms with Crippen LogP contribution in [-0.2, 0) is 11.4 Å². The Labute approximate surface area is 162 Å². The molecule has 0 aliphatic heterocycles. The zero-order valence-corrected chi connectivity index (χ0v) is 15.6. The minimum Gasteiger partial charge on any atom is -0.489 e. The second kappa shape index (κ2) is 8.84. The molecule has 3 rings (SSSR count). The topological polar surface area (TPSA) is 62.1 Å². The highest BCUT2D eigenvalue weighted by molar-refractivity contribution is 7.12. The lowest BCUT2D eigenvalue weighted by atomic mass is 10.2. The molecule has 0 aliphatic rings. The van der Waals surface area contributed by atoms with E-state index in [-0.39, 0.29) is 5.57 Å². The number of carbonyl (C=O) groups excluding carboxylic acids is 1. The van der Waals surface area contributed by atoms with E-state index in [2.05, 4.69) is 5.32 Å². The number of hydrogen-bond donors (Lipinski definition) is 1. The third-order valence-electron chi connectivity index (χ3n) is 3.77. The van der Waals surface area contributed by atoms with Crippen LogP contribution in [0.1, 0.15) is 15.3 Å². The molecule has 0 saturated carbocycles. The van der Waals surface area contributed by atoms with E-state index >= 15 is 0 Å². The zero-order chi connectivity index (χ0) is 19.1. The van der Waals surface area contributed by atoms with Crippen molar-refractivity contribution >= 4 is 29.0 Å². The third kappa shape index (κ3) is 5.30. The maximum atomic E-state index is 12.3. The molecule has 0 unspecified atom stereocenters. The fraction of sp³-hybridized carbons (Fsp3) is 0.0909. The fourth-order valence-corrected chi connectivity index (χ4v) is 3.22. The molecule has 27 heavy (non-hydrogen) atoms. The predicted molar refractivity (Wildman–Crippen MR) is 108 cm³/mol. The van der Waals surface area contributed by atoms with Crippen molar-refractivity contribution in [2.75, 3.05) is 5.32 Å². The van der Waals surface area contributed by atoms with Crippen molar-refractivity contribution in [2.24, 2.45) is 0 Å². The molecule has 0 saturated heterocycles. The summed E-state index contributed by atoms with van der Waals surface area (Å²) in [5.41, 5.74) is 1.76. The number of carbonyl (C=O) groups is 1. The van der Waals surface area contributed by atoms with Crippen LogP contribution in [0.15, 0.2) is 72.3 Å². The lowest BCUT2D eigenvalue weighted by molar-refractivity contribution is -0.112. The SMILES string of the molecule is Cc1ccc(/C=C(\C#N)C(=O)Nc2ccc(OCc3ccccc3)cc2)s1. The molecule has 4 nitrogen and oxygen atoms in total.